The topological polar surface area (TPSA) is 44.8 Å². The fraction of sp³-hybridized carbons (Fsp3) is 0.588. The van der Waals surface area contributed by atoms with Crippen molar-refractivity contribution in [1.29, 1.82) is 0 Å². The van der Waals surface area contributed by atoms with E-state index >= 15 is 0 Å². The van der Waals surface area contributed by atoms with Crippen LogP contribution in [0, 0.1) is 0 Å². The number of carbonyl (C=O) groups excluding carboxylic acids is 1. The molecule has 0 amide bonds. The van der Waals surface area contributed by atoms with Gasteiger partial charge in [0.25, 0.3) is 14.8 Å². The first kappa shape index (κ1) is 18.6. The van der Waals surface area contributed by atoms with Crippen LogP contribution in [0.4, 0.5) is 0 Å². The highest BCUT2D eigenvalue weighted by atomic mass is 28.4. The highest BCUT2D eigenvalue weighted by molar-refractivity contribution is 6.78. The van der Waals surface area contributed by atoms with Crippen molar-refractivity contribution in [3.63, 3.8) is 0 Å². The Kier molecular flexibility index (Phi) is 6.47. The predicted molar refractivity (Wildman–Crippen MR) is 91.4 cm³/mol. The summed E-state index contributed by atoms with van der Waals surface area (Å²) in [5.41, 5.74) is 1.43. The van der Waals surface area contributed by atoms with E-state index in [4.69, 9.17) is 13.9 Å². The van der Waals surface area contributed by atoms with Crippen molar-refractivity contribution in [2.75, 3.05) is 7.11 Å². The summed E-state index contributed by atoms with van der Waals surface area (Å²) in [5.74, 6) is 1.77. The molecule has 0 saturated carbocycles. The fourth-order valence-corrected chi connectivity index (χ4v) is 8.66. The minimum absolute atomic E-state index is 0.407. The van der Waals surface area contributed by atoms with Gasteiger partial charge in [-0.25, -0.2) is 0 Å². The molecule has 0 atom stereocenters. The molecule has 0 spiro atoms. The van der Waals surface area contributed by atoms with Gasteiger partial charge in [-0.3, -0.25) is 4.79 Å². The molecule has 0 radical (unpaired) electrons. The molecule has 1 aromatic rings. The van der Waals surface area contributed by atoms with E-state index in [1.165, 1.54) is 0 Å². The van der Waals surface area contributed by atoms with Gasteiger partial charge in [0.1, 0.15) is 11.5 Å². The third kappa shape index (κ3) is 3.63. The lowest BCUT2D eigenvalue weighted by Gasteiger charge is -2.42. The molecule has 0 bridgehead atoms. The third-order valence-electron chi connectivity index (χ3n) is 4.31. The summed E-state index contributed by atoms with van der Waals surface area (Å²) < 4.78 is 16.9. The van der Waals surface area contributed by atoms with Crippen LogP contribution in [-0.4, -0.2) is 21.9 Å². The number of ether oxygens (including phenoxy) is 2. The van der Waals surface area contributed by atoms with Gasteiger partial charge in [0, 0.05) is 6.07 Å². The Hall–Kier alpha value is -1.49. The lowest BCUT2D eigenvalue weighted by Crippen LogP contribution is -2.50. The Morgan fingerprint density at radius 2 is 1.50 bits per heavy atom. The highest BCUT2D eigenvalue weighted by Crippen LogP contribution is 2.45. The monoisotopic (exact) mass is 324 g/mol. The van der Waals surface area contributed by atoms with Crippen molar-refractivity contribution in [3.8, 4) is 17.2 Å². The second-order valence-electron chi connectivity index (χ2n) is 6.45. The van der Waals surface area contributed by atoms with Crippen LogP contribution in [0.25, 0.3) is 0 Å². The Morgan fingerprint density at radius 3 is 1.91 bits per heavy atom. The largest absolute Gasteiger partial charge is 0.540 e. The molecule has 4 nitrogen and oxygen atoms in total. The van der Waals surface area contributed by atoms with Crippen molar-refractivity contribution in [2.45, 2.75) is 58.2 Å². The number of methoxy groups -OCH3 is 1. The normalized spacial score (nSPS) is 11.9. The average molecular weight is 324 g/mol. The molecular formula is C17H28O4Si. The van der Waals surface area contributed by atoms with Crippen LogP contribution >= 0.6 is 0 Å². The van der Waals surface area contributed by atoms with Crippen molar-refractivity contribution in [3.05, 3.63) is 18.2 Å². The Labute approximate surface area is 134 Å². The lowest BCUT2D eigenvalue weighted by atomic mass is 10.3. The Morgan fingerprint density at radius 1 is 0.955 bits per heavy atom. The second-order valence-corrected chi connectivity index (χ2v) is 11.8. The molecule has 0 saturated heterocycles. The summed E-state index contributed by atoms with van der Waals surface area (Å²) in [6.07, 6.45) is 0. The molecule has 0 fully saturated rings. The van der Waals surface area contributed by atoms with Crippen LogP contribution in [-0.2, 0) is 4.79 Å². The molecule has 1 aromatic carbocycles. The lowest BCUT2D eigenvalue weighted by molar-refractivity contribution is -0.120. The van der Waals surface area contributed by atoms with Crippen molar-refractivity contribution in [1.82, 2.24) is 0 Å². The average Bonchev–Trinajstić information content (AvgIpc) is 2.44. The first-order chi connectivity index (χ1) is 10.3. The van der Waals surface area contributed by atoms with Crippen LogP contribution in [0.2, 0.25) is 16.6 Å². The standard InChI is InChI=1S/C17H28O4Si/c1-12(2)22(13(3)4,14(5)6)21-16-9-8-15(20-11-18)10-17(16)19-7/h8-14H,1-7H3. The van der Waals surface area contributed by atoms with Gasteiger partial charge in [-0.15, -0.1) is 0 Å². The molecule has 0 aromatic heterocycles. The Balaban J connectivity index is 3.26. The molecular weight excluding hydrogens is 296 g/mol. The minimum atomic E-state index is -2.04. The molecule has 1 rings (SSSR count). The first-order valence-corrected chi connectivity index (χ1v) is 9.90. The molecule has 124 valence electrons. The van der Waals surface area contributed by atoms with Crippen LogP contribution in [0.3, 0.4) is 0 Å². The fourth-order valence-electron chi connectivity index (χ4n) is 3.41. The SMILES string of the molecule is COc1cc(OC=O)ccc1O[Si](C(C)C)(C(C)C)C(C)C. The van der Waals surface area contributed by atoms with E-state index < -0.39 is 8.32 Å². The van der Waals surface area contributed by atoms with Crippen molar-refractivity contribution >= 4 is 14.8 Å². The van der Waals surface area contributed by atoms with Gasteiger partial charge in [-0.2, -0.15) is 0 Å². The van der Waals surface area contributed by atoms with Gasteiger partial charge < -0.3 is 13.9 Å². The maximum absolute atomic E-state index is 10.5. The molecule has 0 aliphatic rings. The zero-order valence-electron chi connectivity index (χ0n) is 14.7. The van der Waals surface area contributed by atoms with Crippen LogP contribution in [0.5, 0.6) is 17.2 Å². The Bertz CT molecular complexity index is 476. The molecule has 0 aliphatic heterocycles. The van der Waals surface area contributed by atoms with Gasteiger partial charge in [-0.05, 0) is 28.8 Å². The summed E-state index contributed by atoms with van der Waals surface area (Å²) in [7, 11) is -0.449. The van der Waals surface area contributed by atoms with Crippen molar-refractivity contribution < 1.29 is 18.7 Å². The van der Waals surface area contributed by atoms with Crippen LogP contribution in [0.15, 0.2) is 18.2 Å². The summed E-state index contributed by atoms with van der Waals surface area (Å²) in [6, 6.07) is 5.24. The maximum atomic E-state index is 10.5. The van der Waals surface area contributed by atoms with Gasteiger partial charge >= 0.3 is 0 Å². The van der Waals surface area contributed by atoms with Crippen LogP contribution < -0.4 is 13.9 Å². The molecule has 22 heavy (non-hydrogen) atoms. The molecule has 0 aliphatic carbocycles. The molecule has 0 N–H and O–H groups in total. The number of carbonyl (C=O) groups is 1. The molecule has 0 heterocycles. The molecule has 5 heteroatoms. The van der Waals surface area contributed by atoms with E-state index in [-0.39, 0.29) is 0 Å². The van der Waals surface area contributed by atoms with Crippen molar-refractivity contribution in [2.24, 2.45) is 0 Å². The summed E-state index contributed by atoms with van der Waals surface area (Å²) in [6.45, 7) is 13.8. The van der Waals surface area contributed by atoms with E-state index in [1.54, 1.807) is 19.2 Å². The summed E-state index contributed by atoms with van der Waals surface area (Å²) >= 11 is 0. The third-order valence-corrected chi connectivity index (χ3v) is 10.3. The minimum Gasteiger partial charge on any atom is -0.540 e. The molecule has 0 unspecified atom stereocenters. The second kappa shape index (κ2) is 7.67. The van der Waals surface area contributed by atoms with Gasteiger partial charge in [0.05, 0.1) is 7.11 Å². The number of benzene rings is 1. The van der Waals surface area contributed by atoms with Gasteiger partial charge in [0.15, 0.2) is 5.75 Å². The predicted octanol–water partition coefficient (Wildman–Crippen LogP) is 4.78. The highest BCUT2D eigenvalue weighted by Gasteiger charge is 2.47. The van der Waals surface area contributed by atoms with E-state index in [2.05, 4.69) is 41.5 Å². The number of hydrogen-bond acceptors (Lipinski definition) is 4. The van der Waals surface area contributed by atoms with E-state index in [0.717, 1.165) is 5.75 Å². The zero-order chi connectivity index (χ0) is 16.9. The summed E-state index contributed by atoms with van der Waals surface area (Å²) in [5, 5.41) is 0. The quantitative estimate of drug-likeness (QED) is 0.509. The first-order valence-electron chi connectivity index (χ1n) is 7.76. The maximum Gasteiger partial charge on any atom is 0.298 e. The smallest absolute Gasteiger partial charge is 0.298 e. The zero-order valence-corrected chi connectivity index (χ0v) is 15.7. The van der Waals surface area contributed by atoms with E-state index in [9.17, 15) is 4.79 Å². The summed E-state index contributed by atoms with van der Waals surface area (Å²) in [4.78, 5) is 10.5. The number of rotatable bonds is 8. The van der Waals surface area contributed by atoms with Crippen LogP contribution in [0.1, 0.15) is 41.5 Å². The van der Waals surface area contributed by atoms with E-state index in [1.807, 2.05) is 6.07 Å². The van der Waals surface area contributed by atoms with Gasteiger partial charge in [0.2, 0.25) is 0 Å². The number of hydrogen-bond donors (Lipinski definition) is 0. The van der Waals surface area contributed by atoms with Gasteiger partial charge in [-0.1, -0.05) is 41.5 Å². The van der Waals surface area contributed by atoms with E-state index in [0.29, 0.717) is 34.6 Å².